The average molecular weight is 343 g/mol. The number of hydrazone groups is 1. The van der Waals surface area contributed by atoms with Crippen LogP contribution in [-0.4, -0.2) is 22.7 Å². The first-order valence-electron chi connectivity index (χ1n) is 6.63. The molecular formula is C16H11ClN4O3. The van der Waals surface area contributed by atoms with Gasteiger partial charge in [-0.2, -0.15) is 10.4 Å². The number of hydrogen-bond acceptors (Lipinski definition) is 5. The number of benzene rings is 2. The van der Waals surface area contributed by atoms with E-state index in [1.165, 1.54) is 24.3 Å². The van der Waals surface area contributed by atoms with E-state index in [0.29, 0.717) is 16.4 Å². The fourth-order valence-corrected chi connectivity index (χ4v) is 1.92. The van der Waals surface area contributed by atoms with Crippen molar-refractivity contribution in [2.75, 3.05) is 10.7 Å². The van der Waals surface area contributed by atoms with Crippen LogP contribution in [0, 0.1) is 11.3 Å². The zero-order valence-corrected chi connectivity index (χ0v) is 12.9. The maximum Gasteiger partial charge on any atom is 0.335 e. The molecule has 0 saturated heterocycles. The summed E-state index contributed by atoms with van der Waals surface area (Å²) >= 11 is 5.82. The quantitative estimate of drug-likeness (QED) is 0.570. The lowest BCUT2D eigenvalue weighted by molar-refractivity contribution is -0.110. The highest BCUT2D eigenvalue weighted by Gasteiger charge is 2.12. The van der Waals surface area contributed by atoms with Crippen LogP contribution in [0.5, 0.6) is 0 Å². The predicted molar refractivity (Wildman–Crippen MR) is 90.2 cm³/mol. The predicted octanol–water partition coefficient (Wildman–Crippen LogP) is 2.97. The Kier molecular flexibility index (Phi) is 5.49. The molecular weight excluding hydrogens is 332 g/mol. The number of carboxylic acids is 1. The molecule has 0 bridgehead atoms. The van der Waals surface area contributed by atoms with E-state index in [4.69, 9.17) is 22.0 Å². The van der Waals surface area contributed by atoms with Gasteiger partial charge in [0.1, 0.15) is 6.07 Å². The van der Waals surface area contributed by atoms with E-state index in [2.05, 4.69) is 15.8 Å². The summed E-state index contributed by atoms with van der Waals surface area (Å²) in [7, 11) is 0. The van der Waals surface area contributed by atoms with Crippen molar-refractivity contribution in [3.8, 4) is 6.07 Å². The molecule has 0 heterocycles. The van der Waals surface area contributed by atoms with E-state index in [1.54, 1.807) is 30.3 Å². The molecule has 0 atom stereocenters. The van der Waals surface area contributed by atoms with Crippen LogP contribution >= 0.6 is 11.6 Å². The third-order valence-corrected chi connectivity index (χ3v) is 3.04. The van der Waals surface area contributed by atoms with Crippen molar-refractivity contribution in [1.82, 2.24) is 0 Å². The second kappa shape index (κ2) is 7.76. The normalized spacial score (nSPS) is 10.6. The standard InChI is InChI=1S/C16H11ClN4O3/c17-11-4-2-5-12(8-11)19-15(22)14(9-18)21-20-13-6-1-3-10(7-13)16(23)24/h1-8,20H,(H,19,22)(H,23,24). The number of halogens is 1. The van der Waals surface area contributed by atoms with E-state index in [9.17, 15) is 9.59 Å². The Morgan fingerprint density at radius 2 is 1.83 bits per heavy atom. The Hall–Kier alpha value is -3.37. The van der Waals surface area contributed by atoms with Crippen molar-refractivity contribution in [2.45, 2.75) is 0 Å². The van der Waals surface area contributed by atoms with Crippen molar-refractivity contribution in [3.63, 3.8) is 0 Å². The molecule has 0 aliphatic rings. The number of rotatable bonds is 5. The summed E-state index contributed by atoms with van der Waals surface area (Å²) in [6.45, 7) is 0. The van der Waals surface area contributed by atoms with Crippen molar-refractivity contribution >= 4 is 40.6 Å². The lowest BCUT2D eigenvalue weighted by Crippen LogP contribution is -2.22. The highest BCUT2D eigenvalue weighted by Crippen LogP contribution is 2.15. The lowest BCUT2D eigenvalue weighted by Gasteiger charge is -2.05. The third kappa shape index (κ3) is 4.56. The molecule has 120 valence electrons. The summed E-state index contributed by atoms with van der Waals surface area (Å²) in [5.41, 5.74) is 2.87. The fourth-order valence-electron chi connectivity index (χ4n) is 1.73. The number of nitriles is 1. The Morgan fingerprint density at radius 3 is 2.50 bits per heavy atom. The van der Waals surface area contributed by atoms with Crippen LogP contribution in [0.4, 0.5) is 11.4 Å². The second-order valence-corrected chi connectivity index (χ2v) is 4.97. The largest absolute Gasteiger partial charge is 0.478 e. The number of carboxylic acid groups (broad SMARTS) is 1. The molecule has 3 N–H and O–H groups in total. The molecule has 24 heavy (non-hydrogen) atoms. The Morgan fingerprint density at radius 1 is 1.12 bits per heavy atom. The number of amides is 1. The molecule has 2 aromatic carbocycles. The molecule has 0 aliphatic carbocycles. The lowest BCUT2D eigenvalue weighted by atomic mass is 10.2. The summed E-state index contributed by atoms with van der Waals surface area (Å²) in [6, 6.07) is 13.9. The Bertz CT molecular complexity index is 858. The van der Waals surface area contributed by atoms with Crippen LogP contribution in [-0.2, 0) is 4.79 Å². The second-order valence-electron chi connectivity index (χ2n) is 4.53. The molecule has 0 aliphatic heterocycles. The van der Waals surface area contributed by atoms with E-state index in [0.717, 1.165) is 0 Å². The number of carbonyl (C=O) groups is 2. The summed E-state index contributed by atoms with van der Waals surface area (Å²) in [4.78, 5) is 22.9. The first kappa shape index (κ1) is 17.0. The number of carbonyl (C=O) groups excluding carboxylic acids is 1. The van der Waals surface area contributed by atoms with Crippen molar-refractivity contribution < 1.29 is 14.7 Å². The van der Waals surface area contributed by atoms with Crippen molar-refractivity contribution in [2.24, 2.45) is 5.10 Å². The maximum atomic E-state index is 12.0. The fraction of sp³-hybridized carbons (Fsp3) is 0. The molecule has 2 rings (SSSR count). The molecule has 0 saturated carbocycles. The number of anilines is 2. The Balaban J connectivity index is 2.11. The zero-order chi connectivity index (χ0) is 17.5. The minimum absolute atomic E-state index is 0.0529. The van der Waals surface area contributed by atoms with Gasteiger partial charge in [0.25, 0.3) is 5.91 Å². The molecule has 0 unspecified atom stereocenters. The van der Waals surface area contributed by atoms with Gasteiger partial charge in [-0.1, -0.05) is 23.7 Å². The summed E-state index contributed by atoms with van der Waals surface area (Å²) < 4.78 is 0. The molecule has 1 amide bonds. The van der Waals surface area contributed by atoms with Gasteiger partial charge in [0.2, 0.25) is 5.71 Å². The van der Waals surface area contributed by atoms with Gasteiger partial charge in [-0.05, 0) is 36.4 Å². The summed E-state index contributed by atoms with van der Waals surface area (Å²) in [5.74, 6) is -1.82. The average Bonchev–Trinajstić information content (AvgIpc) is 2.55. The number of aromatic carboxylic acids is 1. The van der Waals surface area contributed by atoms with E-state index >= 15 is 0 Å². The van der Waals surface area contributed by atoms with Gasteiger partial charge >= 0.3 is 5.97 Å². The highest BCUT2D eigenvalue weighted by molar-refractivity contribution is 6.48. The van der Waals surface area contributed by atoms with Gasteiger partial charge in [0.15, 0.2) is 0 Å². The molecule has 0 radical (unpaired) electrons. The molecule has 2 aromatic rings. The maximum absolute atomic E-state index is 12.0. The van der Waals surface area contributed by atoms with Crippen molar-refractivity contribution in [3.05, 3.63) is 59.1 Å². The van der Waals surface area contributed by atoms with Gasteiger partial charge in [-0.3, -0.25) is 10.2 Å². The van der Waals surface area contributed by atoms with Crippen LogP contribution in [0.25, 0.3) is 0 Å². The Labute approximate surface area is 142 Å². The summed E-state index contributed by atoms with van der Waals surface area (Å²) in [5, 5.41) is 24.6. The van der Waals surface area contributed by atoms with Crippen LogP contribution in [0.2, 0.25) is 5.02 Å². The SMILES string of the molecule is N#CC(=NNc1cccc(C(=O)O)c1)C(=O)Nc1cccc(Cl)c1. The minimum Gasteiger partial charge on any atom is -0.478 e. The van der Waals surface area contributed by atoms with Crippen molar-refractivity contribution in [1.29, 1.82) is 5.26 Å². The minimum atomic E-state index is -1.10. The number of hydrogen-bond donors (Lipinski definition) is 3. The molecule has 8 heteroatoms. The molecule has 0 spiro atoms. The first-order chi connectivity index (χ1) is 11.5. The highest BCUT2D eigenvalue weighted by atomic mass is 35.5. The number of nitrogens with zero attached hydrogens (tertiary/aromatic N) is 2. The molecule has 0 fully saturated rings. The van der Waals surface area contributed by atoms with E-state index in [-0.39, 0.29) is 5.56 Å². The van der Waals surface area contributed by atoms with Gasteiger partial charge in [0, 0.05) is 10.7 Å². The van der Waals surface area contributed by atoms with Crippen LogP contribution < -0.4 is 10.7 Å². The number of nitrogens with one attached hydrogen (secondary N) is 2. The van der Waals surface area contributed by atoms with E-state index in [1.807, 2.05) is 0 Å². The van der Waals surface area contributed by atoms with Gasteiger partial charge in [-0.25, -0.2) is 4.79 Å². The van der Waals surface area contributed by atoms with Gasteiger partial charge in [0.05, 0.1) is 11.3 Å². The van der Waals surface area contributed by atoms with Gasteiger partial charge < -0.3 is 10.4 Å². The van der Waals surface area contributed by atoms with Crippen LogP contribution in [0.1, 0.15) is 10.4 Å². The van der Waals surface area contributed by atoms with Gasteiger partial charge in [-0.15, -0.1) is 0 Å². The zero-order valence-electron chi connectivity index (χ0n) is 12.2. The monoisotopic (exact) mass is 342 g/mol. The molecule has 7 nitrogen and oxygen atoms in total. The summed E-state index contributed by atoms with van der Waals surface area (Å²) in [6.07, 6.45) is 0. The van der Waals surface area contributed by atoms with Crippen LogP contribution in [0.3, 0.4) is 0 Å². The first-order valence-corrected chi connectivity index (χ1v) is 7.01. The molecule has 0 aromatic heterocycles. The third-order valence-electron chi connectivity index (χ3n) is 2.81. The van der Waals surface area contributed by atoms with Crippen LogP contribution in [0.15, 0.2) is 53.6 Å². The smallest absolute Gasteiger partial charge is 0.335 e. The topological polar surface area (TPSA) is 115 Å². The van der Waals surface area contributed by atoms with E-state index < -0.39 is 17.6 Å².